The minimum Gasteiger partial charge on any atom is -0.390 e. The molecule has 0 radical (unpaired) electrons. The van der Waals surface area contributed by atoms with Crippen molar-refractivity contribution in [3.05, 3.63) is 72.4 Å². The van der Waals surface area contributed by atoms with E-state index < -0.39 is 26.2 Å². The molecular weight excluding hydrogens is 669 g/mol. The van der Waals surface area contributed by atoms with E-state index >= 15 is 0 Å². The number of hydrogen-bond acceptors (Lipinski definition) is 10. The molecule has 1 aliphatic heterocycles. The molecule has 13 nitrogen and oxygen atoms in total. The molecule has 3 heterocycles. The van der Waals surface area contributed by atoms with Crippen LogP contribution < -0.4 is 16.1 Å². The van der Waals surface area contributed by atoms with Gasteiger partial charge in [0.05, 0.1) is 25.6 Å². The molecule has 0 aromatic carbocycles. The van der Waals surface area contributed by atoms with Crippen LogP contribution in [0, 0.1) is 0 Å². The van der Waals surface area contributed by atoms with Crippen LogP contribution in [-0.2, 0) is 23.1 Å². The summed E-state index contributed by atoms with van der Waals surface area (Å²) < 4.78 is 31.8. The Morgan fingerprint density at radius 3 is 2.35 bits per heavy atom. The average Bonchev–Trinajstić information content (AvgIpc) is 3.67. The fourth-order valence-electron chi connectivity index (χ4n) is 4.86. The smallest absolute Gasteiger partial charge is 0.390 e. The van der Waals surface area contributed by atoms with Crippen LogP contribution in [-0.4, -0.2) is 69.0 Å². The molecule has 1 aliphatic rings. The fraction of sp³-hybridized carbons (Fsp3) is 0.529. The van der Waals surface area contributed by atoms with Gasteiger partial charge in [0.25, 0.3) is 0 Å². The lowest BCUT2D eigenvalue weighted by Gasteiger charge is -2.22. The molecule has 0 bridgehead atoms. The average molecular weight is 720 g/mol. The van der Waals surface area contributed by atoms with Crippen LogP contribution >= 0.6 is 19.3 Å². The van der Waals surface area contributed by atoms with Gasteiger partial charge in [0.1, 0.15) is 17.8 Å². The van der Waals surface area contributed by atoms with Crippen molar-refractivity contribution in [1.29, 1.82) is 0 Å². The molecule has 5 N–H and O–H groups in total. The summed E-state index contributed by atoms with van der Waals surface area (Å²) in [5.41, 5.74) is 6.62. The highest BCUT2D eigenvalue weighted by atomic mass is 35.5. The number of ether oxygens (including phenoxy) is 1. The Balaban J connectivity index is 1.27. The lowest BCUT2D eigenvalue weighted by molar-refractivity contribution is -0.121. The molecule has 1 amide bonds. The predicted octanol–water partition coefficient (Wildman–Crippen LogP) is 6.50. The number of aliphatic hydroxyl groups excluding tert-OH is 1. The van der Waals surface area contributed by atoms with Crippen LogP contribution in [0.15, 0.2) is 67.1 Å². The minimum absolute atomic E-state index is 0.0357. The van der Waals surface area contributed by atoms with Crippen molar-refractivity contribution in [3.63, 3.8) is 0 Å². The molecule has 270 valence electrons. The number of unbranched alkanes of at least 4 members (excludes halogenated alkanes) is 1. The van der Waals surface area contributed by atoms with Crippen molar-refractivity contribution in [2.45, 2.75) is 90.1 Å². The van der Waals surface area contributed by atoms with E-state index in [1.54, 1.807) is 11.5 Å². The van der Waals surface area contributed by atoms with Gasteiger partial charge in [-0.1, -0.05) is 67.7 Å². The molecule has 1 saturated heterocycles. The topological polar surface area (TPSA) is 176 Å². The standard InChI is InChI=1S/C34H51ClN7O6P/c1-3-5-6-7-8-9-10-11-12-13-14-15-16-17-18-19-20-21-29(44)37-22-23-39-49(45,46-4-2)47-25-28-27(43)24-30(48-28)42-26-38-31-32(36)40-34(35)41-33(31)42/h5-6,8-9,11-12,14-15,17-18,26-28,30,43H,3-4,7,10,13,16,19-25H2,1-2H3,(H,37,44)(H,39,45)(H2,36,40,41)/b6-5-,9-8-,12-11-,15-14-,18-17-/t27-,28?,30?,49?/m0/s1. The Hall–Kier alpha value is -3.16. The molecule has 0 aliphatic carbocycles. The number of hydrogen-bond donors (Lipinski definition) is 4. The molecule has 0 spiro atoms. The number of carbonyl (C=O) groups is 1. The summed E-state index contributed by atoms with van der Waals surface area (Å²) in [5, 5.41) is 16.2. The normalized spacial score (nSPS) is 19.9. The van der Waals surface area contributed by atoms with E-state index in [0.717, 1.165) is 44.9 Å². The Labute approximate surface area is 294 Å². The van der Waals surface area contributed by atoms with E-state index in [-0.39, 0.29) is 49.7 Å². The zero-order valence-electron chi connectivity index (χ0n) is 28.5. The van der Waals surface area contributed by atoms with Gasteiger partial charge < -0.3 is 20.9 Å². The van der Waals surface area contributed by atoms with E-state index in [9.17, 15) is 14.5 Å². The molecule has 1 fully saturated rings. The molecule has 2 aromatic rings. The number of imidazole rings is 1. The predicted molar refractivity (Wildman–Crippen MR) is 194 cm³/mol. The summed E-state index contributed by atoms with van der Waals surface area (Å²) in [4.78, 5) is 24.5. The van der Waals surface area contributed by atoms with Crippen LogP contribution in [0.2, 0.25) is 5.28 Å². The Kier molecular flexibility index (Phi) is 18.5. The highest BCUT2D eigenvalue weighted by molar-refractivity contribution is 7.51. The monoisotopic (exact) mass is 719 g/mol. The number of fused-ring (bicyclic) bond motifs is 1. The van der Waals surface area contributed by atoms with Gasteiger partial charge in [-0.05, 0) is 63.5 Å². The largest absolute Gasteiger partial charge is 0.405 e. The van der Waals surface area contributed by atoms with E-state index in [2.05, 4.69) is 93.0 Å². The van der Waals surface area contributed by atoms with Crippen molar-refractivity contribution in [3.8, 4) is 0 Å². The van der Waals surface area contributed by atoms with Gasteiger partial charge in [0.2, 0.25) is 11.2 Å². The number of rotatable bonds is 23. The maximum absolute atomic E-state index is 13.2. The van der Waals surface area contributed by atoms with E-state index in [1.165, 1.54) is 6.33 Å². The number of nitrogen functional groups attached to an aromatic ring is 1. The molecular formula is C34H51ClN7O6P. The Morgan fingerprint density at radius 1 is 1.04 bits per heavy atom. The van der Waals surface area contributed by atoms with Gasteiger partial charge in [0, 0.05) is 25.9 Å². The summed E-state index contributed by atoms with van der Waals surface area (Å²) in [6.07, 6.45) is 27.7. The first-order valence-corrected chi connectivity index (χ1v) is 18.8. The van der Waals surface area contributed by atoms with Crippen LogP contribution in [0.3, 0.4) is 0 Å². The summed E-state index contributed by atoms with van der Waals surface area (Å²) in [6, 6.07) is 0. The molecule has 2 aromatic heterocycles. The first-order valence-electron chi connectivity index (χ1n) is 16.9. The number of nitrogens with two attached hydrogens (primary N) is 1. The van der Waals surface area contributed by atoms with Crippen LogP contribution in [0.25, 0.3) is 11.2 Å². The van der Waals surface area contributed by atoms with Gasteiger partial charge in [-0.25, -0.2) is 14.6 Å². The number of allylic oxidation sites excluding steroid dienone is 10. The maximum Gasteiger partial charge on any atom is 0.405 e. The number of aliphatic hydroxyl groups is 1. The summed E-state index contributed by atoms with van der Waals surface area (Å²) in [7, 11) is -3.74. The van der Waals surface area contributed by atoms with Gasteiger partial charge in [-0.3, -0.25) is 18.4 Å². The fourth-order valence-corrected chi connectivity index (χ4v) is 6.36. The zero-order chi connectivity index (χ0) is 35.3. The maximum atomic E-state index is 13.2. The first kappa shape index (κ1) is 40.3. The van der Waals surface area contributed by atoms with Crippen molar-refractivity contribution >= 4 is 42.2 Å². The van der Waals surface area contributed by atoms with E-state index in [4.69, 9.17) is 31.1 Å². The highest BCUT2D eigenvalue weighted by Gasteiger charge is 2.38. The Bertz CT molecular complexity index is 1490. The quantitative estimate of drug-likeness (QED) is 0.0427. The number of aromatic nitrogens is 4. The number of nitrogens with zero attached hydrogens (tertiary/aromatic N) is 4. The summed E-state index contributed by atoms with van der Waals surface area (Å²) in [6.45, 7) is 4.17. The second-order valence-electron chi connectivity index (χ2n) is 11.2. The van der Waals surface area contributed by atoms with Crippen molar-refractivity contribution in [2.24, 2.45) is 0 Å². The molecule has 49 heavy (non-hydrogen) atoms. The molecule has 3 rings (SSSR count). The summed E-state index contributed by atoms with van der Waals surface area (Å²) >= 11 is 5.96. The van der Waals surface area contributed by atoms with Crippen molar-refractivity contribution in [1.82, 2.24) is 29.9 Å². The van der Waals surface area contributed by atoms with Gasteiger partial charge in [-0.15, -0.1) is 0 Å². The molecule has 3 unspecified atom stereocenters. The second kappa shape index (κ2) is 22.5. The van der Waals surface area contributed by atoms with Gasteiger partial charge in [-0.2, -0.15) is 9.97 Å². The van der Waals surface area contributed by atoms with Gasteiger partial charge >= 0.3 is 7.75 Å². The first-order chi connectivity index (χ1) is 23.8. The lowest BCUT2D eigenvalue weighted by Crippen LogP contribution is -2.32. The lowest BCUT2D eigenvalue weighted by atomic mass is 10.2. The third-order valence-corrected chi connectivity index (χ3v) is 9.20. The van der Waals surface area contributed by atoms with Crippen molar-refractivity contribution < 1.29 is 28.3 Å². The van der Waals surface area contributed by atoms with E-state index in [1.807, 2.05) is 0 Å². The van der Waals surface area contributed by atoms with Crippen LogP contribution in [0.4, 0.5) is 5.82 Å². The van der Waals surface area contributed by atoms with Gasteiger partial charge in [0.15, 0.2) is 11.5 Å². The number of halogens is 1. The second-order valence-corrected chi connectivity index (χ2v) is 13.4. The van der Waals surface area contributed by atoms with Crippen LogP contribution in [0.1, 0.15) is 77.9 Å². The number of amides is 1. The number of anilines is 1. The minimum atomic E-state index is -3.74. The molecule has 0 saturated carbocycles. The number of nitrogens with one attached hydrogen (secondary N) is 2. The Morgan fingerprint density at radius 2 is 1.69 bits per heavy atom. The summed E-state index contributed by atoms with van der Waals surface area (Å²) in [5.74, 6) is 0.0450. The third kappa shape index (κ3) is 14.7. The van der Waals surface area contributed by atoms with E-state index in [0.29, 0.717) is 17.6 Å². The molecule has 15 heteroatoms. The number of carbonyl (C=O) groups excluding carboxylic acids is 1. The molecule has 4 atom stereocenters. The van der Waals surface area contributed by atoms with Crippen LogP contribution in [0.5, 0.6) is 0 Å². The third-order valence-electron chi connectivity index (χ3n) is 7.33. The SMILES string of the molecule is CC/C=C\C/C=C\C/C=C\C/C=C\C/C=C\CCCC(=O)NCCNP(=O)(OCC)OCC1OC(n2cnc3c(N)nc(Cl)nc32)C[C@@H]1O. The van der Waals surface area contributed by atoms with Crippen molar-refractivity contribution in [2.75, 3.05) is 32.0 Å². The zero-order valence-corrected chi connectivity index (χ0v) is 30.1. The highest BCUT2D eigenvalue weighted by Crippen LogP contribution is 2.44.